The average Bonchev–Trinajstić information content (AvgIpc) is 1.54. The summed E-state index contributed by atoms with van der Waals surface area (Å²) in [6.07, 6.45) is -0.560. The standard InChI is InChI=1S/C40H50N2O9Si.C22H24N2O7/c1-22-24-18-15-19-27(48-37(46)49-38(2,3)4)28(24)32(43)29-25(22)20-26-31(42(8)9)33-30(36(41-50-33)47-21-23-16-13-12-14-17-23)35(45)40(26,34(29)44)51-52(10,11)39(5,6)7;1-8-9-5-4-6-12(25)13(9)17(26)14-10(8)7-11-16(24(2)3)18(27)15(21(23)30)20(29)22(11,31)19(14)28/h12-19,22,25-26,31,43H,20-21H2,1-11H3;4-6,8,10-11,16,25-26,29,31H,7H2,1-3H3,(H2,23,30)/t22-,25+,26-,31-,40-;8-,10+,11-,16-,22-/m00/s1. The monoisotopic (exact) mass is 1160 g/mol. The minimum absolute atomic E-state index is 0.0177. The number of nitrogens with two attached hydrogens (primary N) is 1. The Hall–Kier alpha value is -7.43. The second-order valence-corrected chi connectivity index (χ2v) is 30.4. The summed E-state index contributed by atoms with van der Waals surface area (Å²) < 4.78 is 30.4. The number of nitrogens with zero attached hydrogens (tertiary/aromatic N) is 3. The number of aliphatic hydroxyl groups is 4. The molecular formula is C62H74N4O16Si. The van der Waals surface area contributed by atoms with Crippen molar-refractivity contribution in [1.29, 1.82) is 0 Å². The molecule has 6 aliphatic rings. The van der Waals surface area contributed by atoms with Crippen LogP contribution in [0.1, 0.15) is 130 Å². The quantitative estimate of drug-likeness (QED) is 0.0299. The molecule has 4 aromatic rings. The summed E-state index contributed by atoms with van der Waals surface area (Å²) in [5.74, 6) is -9.53. The molecule has 6 aliphatic carbocycles. The summed E-state index contributed by atoms with van der Waals surface area (Å²) in [6.45, 7) is 19.3. The molecule has 7 N–H and O–H groups in total. The van der Waals surface area contributed by atoms with Crippen LogP contribution in [-0.4, -0.2) is 135 Å². The number of rotatable bonds is 9. The van der Waals surface area contributed by atoms with Gasteiger partial charge in [0.2, 0.25) is 17.3 Å². The summed E-state index contributed by atoms with van der Waals surface area (Å²) in [4.78, 5) is 85.8. The van der Waals surface area contributed by atoms with Crippen LogP contribution in [0.4, 0.5) is 4.79 Å². The van der Waals surface area contributed by atoms with Gasteiger partial charge >= 0.3 is 6.16 Å². The van der Waals surface area contributed by atoms with E-state index in [0.717, 1.165) is 5.56 Å². The number of hydrogen-bond donors (Lipinski definition) is 6. The molecule has 1 heterocycles. The number of ether oxygens (including phenoxy) is 3. The maximum Gasteiger partial charge on any atom is 0.514 e. The van der Waals surface area contributed by atoms with Gasteiger partial charge < -0.3 is 54.4 Å². The van der Waals surface area contributed by atoms with Gasteiger partial charge in [0, 0.05) is 23.0 Å². The van der Waals surface area contributed by atoms with Gasteiger partial charge in [-0.05, 0) is 138 Å². The van der Waals surface area contributed by atoms with E-state index in [1.165, 1.54) is 11.0 Å². The summed E-state index contributed by atoms with van der Waals surface area (Å²) in [7, 11) is 3.97. The van der Waals surface area contributed by atoms with E-state index >= 15 is 9.59 Å². The fourth-order valence-corrected chi connectivity index (χ4v) is 14.6. The van der Waals surface area contributed by atoms with Crippen LogP contribution in [-0.2, 0) is 34.9 Å². The van der Waals surface area contributed by atoms with Gasteiger partial charge in [0.25, 0.3) is 11.8 Å². The highest BCUT2D eigenvalue weighted by atomic mass is 28.4. The summed E-state index contributed by atoms with van der Waals surface area (Å²) in [6, 6.07) is 17.7. The zero-order valence-corrected chi connectivity index (χ0v) is 50.2. The molecule has 10 rings (SSSR count). The number of likely N-dealkylation sites (N-methyl/N-ethyl adjacent to an activating group) is 1. The van der Waals surface area contributed by atoms with Crippen LogP contribution in [0.15, 0.2) is 93.7 Å². The first kappa shape index (κ1) is 60.2. The Morgan fingerprint density at radius 1 is 0.735 bits per heavy atom. The van der Waals surface area contributed by atoms with Crippen molar-refractivity contribution >= 4 is 55.0 Å². The van der Waals surface area contributed by atoms with Crippen molar-refractivity contribution in [3.8, 4) is 17.4 Å². The Bertz CT molecular complexity index is 3470. The van der Waals surface area contributed by atoms with Gasteiger partial charge in [0.05, 0.1) is 23.2 Å². The number of ketones is 4. The lowest BCUT2D eigenvalue weighted by molar-refractivity contribution is -0.154. The molecule has 442 valence electrons. The molecule has 0 spiro atoms. The number of Topliss-reactive ketones (excluding diaryl/α,β-unsaturated/α-hetero) is 4. The molecule has 2 fully saturated rings. The summed E-state index contributed by atoms with van der Waals surface area (Å²) in [5.41, 5.74) is 1.48. The number of primary amides is 1. The van der Waals surface area contributed by atoms with Gasteiger partial charge in [-0.15, -0.1) is 0 Å². The zero-order chi connectivity index (χ0) is 61.1. The number of phenols is 1. The molecular weight excluding hydrogens is 1080 g/mol. The molecule has 0 radical (unpaired) electrons. The SMILES string of the molecule is C[C@H]1c2cccc(O)c2C(O)=C2C(=O)[C@]3(O)C(O)=C(C(N)=O)C(=O)[C@@H](N(C)C)[C@@H]3C[C@@H]21.C[C@H]1c2cccc(OC(=O)OC(C)(C)C)c2C(O)=C2C(=O)[C@]3(O[Si](C)(C)C(C)(C)C)C(=O)c4c(OCc5ccccc5)noc4[C@@H](N(C)C)[C@@H]3C[C@@H]21. The van der Waals surface area contributed by atoms with E-state index < -0.39 is 118 Å². The number of carbonyl (C=O) groups is 6. The van der Waals surface area contributed by atoms with Crippen molar-refractivity contribution in [2.75, 3.05) is 28.2 Å². The zero-order valence-electron chi connectivity index (χ0n) is 49.2. The average molecular weight is 1160 g/mol. The number of benzene rings is 3. The van der Waals surface area contributed by atoms with Gasteiger partial charge in [0.15, 0.2) is 31.1 Å². The van der Waals surface area contributed by atoms with Crippen LogP contribution in [0.3, 0.4) is 0 Å². The fraction of sp³-hybridized carbons (Fsp3) is 0.468. The fourth-order valence-electron chi connectivity index (χ4n) is 13.1. The van der Waals surface area contributed by atoms with Crippen LogP contribution in [0.5, 0.6) is 17.4 Å². The summed E-state index contributed by atoms with van der Waals surface area (Å²) >= 11 is 0. The molecule has 2 saturated carbocycles. The third kappa shape index (κ3) is 9.57. The highest BCUT2D eigenvalue weighted by molar-refractivity contribution is 6.74. The van der Waals surface area contributed by atoms with E-state index in [2.05, 4.69) is 5.16 Å². The van der Waals surface area contributed by atoms with Gasteiger partial charge in [0.1, 0.15) is 52.1 Å². The van der Waals surface area contributed by atoms with Crippen LogP contribution in [0.2, 0.25) is 18.1 Å². The third-order valence-corrected chi connectivity index (χ3v) is 22.5. The third-order valence-electron chi connectivity index (χ3n) is 18.1. The number of hydrogen-bond acceptors (Lipinski definition) is 19. The molecule has 0 saturated heterocycles. The van der Waals surface area contributed by atoms with Crippen molar-refractivity contribution in [3.63, 3.8) is 0 Å². The highest BCUT2D eigenvalue weighted by Gasteiger charge is 2.70. The first-order valence-corrected chi connectivity index (χ1v) is 30.6. The minimum Gasteiger partial charge on any atom is -0.508 e. The predicted molar refractivity (Wildman–Crippen MR) is 306 cm³/mol. The van der Waals surface area contributed by atoms with E-state index in [1.807, 2.05) is 103 Å². The lowest BCUT2D eigenvalue weighted by atomic mass is 9.55. The number of fused-ring (bicyclic) bond motifs is 7. The van der Waals surface area contributed by atoms with Crippen molar-refractivity contribution in [2.24, 2.45) is 29.4 Å². The normalized spacial score (nSPS) is 27.6. The van der Waals surface area contributed by atoms with Gasteiger partial charge in [-0.3, -0.25) is 33.8 Å². The molecule has 10 atom stereocenters. The van der Waals surface area contributed by atoms with E-state index in [9.17, 15) is 44.7 Å². The van der Waals surface area contributed by atoms with Crippen molar-refractivity contribution in [3.05, 3.63) is 128 Å². The van der Waals surface area contributed by atoms with Gasteiger partial charge in [-0.2, -0.15) is 0 Å². The Balaban J connectivity index is 0.000000227. The van der Waals surface area contributed by atoms with Crippen LogP contribution >= 0.6 is 0 Å². The second kappa shape index (κ2) is 21.0. The molecule has 0 aliphatic heterocycles. The minimum atomic E-state index is -2.91. The number of aromatic hydroxyl groups is 1. The smallest absolute Gasteiger partial charge is 0.508 e. The Morgan fingerprint density at radius 3 is 1.86 bits per heavy atom. The summed E-state index contributed by atoms with van der Waals surface area (Å²) in [5, 5.41) is 59.5. The van der Waals surface area contributed by atoms with E-state index in [1.54, 1.807) is 59.1 Å². The van der Waals surface area contributed by atoms with E-state index in [4.69, 9.17) is 28.9 Å². The van der Waals surface area contributed by atoms with E-state index in [-0.39, 0.29) is 75.8 Å². The first-order valence-electron chi connectivity index (χ1n) is 27.7. The molecule has 1 aromatic heterocycles. The number of amides is 1. The molecule has 0 bridgehead atoms. The van der Waals surface area contributed by atoms with Gasteiger partial charge in [-0.25, -0.2) is 4.79 Å². The Kier molecular flexibility index (Phi) is 15.2. The lowest BCUT2D eigenvalue weighted by Crippen LogP contribution is -2.68. The first-order chi connectivity index (χ1) is 38.6. The van der Waals surface area contributed by atoms with E-state index in [0.29, 0.717) is 23.3 Å². The van der Waals surface area contributed by atoms with Crippen molar-refractivity contribution in [1.82, 2.24) is 15.0 Å². The molecule has 21 heteroatoms. The molecule has 83 heavy (non-hydrogen) atoms. The van der Waals surface area contributed by atoms with Gasteiger partial charge in [-0.1, -0.05) is 89.2 Å². The predicted octanol–water partition coefficient (Wildman–Crippen LogP) is 8.94. The largest absolute Gasteiger partial charge is 0.514 e. The van der Waals surface area contributed by atoms with Crippen molar-refractivity contribution < 1.29 is 77.5 Å². The lowest BCUT2D eigenvalue weighted by Gasteiger charge is -2.55. The molecule has 1 amide bonds. The molecule has 20 nitrogen and oxygen atoms in total. The second-order valence-electron chi connectivity index (χ2n) is 25.6. The molecule has 0 unspecified atom stereocenters. The molecule has 3 aromatic carbocycles. The number of carbonyl (C=O) groups excluding carboxylic acids is 6. The van der Waals surface area contributed by atoms with Crippen LogP contribution in [0, 0.1) is 23.7 Å². The maximum absolute atomic E-state index is 15.6. The van der Waals surface area contributed by atoms with Crippen LogP contribution in [0.25, 0.3) is 11.5 Å². The van der Waals surface area contributed by atoms with Crippen molar-refractivity contribution in [2.45, 2.75) is 134 Å². The number of phenolic OH excluding ortho intramolecular Hbond substituents is 1. The topological polar surface area (TPSA) is 299 Å². The highest BCUT2D eigenvalue weighted by Crippen LogP contribution is 2.62. The van der Waals surface area contributed by atoms with Crippen LogP contribution < -0.4 is 15.2 Å². The number of aliphatic hydroxyl groups excluding tert-OH is 3. The number of aromatic nitrogens is 1. The maximum atomic E-state index is 15.6. The Labute approximate surface area is 482 Å². The Morgan fingerprint density at radius 2 is 1.29 bits per heavy atom.